The smallest absolute Gasteiger partial charge is 0.303 e. The minimum absolute atomic E-state index is 0.0998. The van der Waals surface area contributed by atoms with Gasteiger partial charge in [0.1, 0.15) is 6.04 Å². The number of nitrogens with one attached hydrogen (secondary N) is 2. The van der Waals surface area contributed by atoms with E-state index in [1.54, 1.807) is 0 Å². The number of carboxylic acid groups (broad SMARTS) is 1. The monoisotopic (exact) mass is 460 g/mol. The second kappa shape index (κ2) is 22.0. The van der Waals surface area contributed by atoms with Crippen LogP contribution in [0.3, 0.4) is 0 Å². The molecule has 0 radical (unpaired) electrons. The van der Waals surface area contributed by atoms with Gasteiger partial charge in [0, 0.05) is 12.8 Å². The number of hydrogen-bond donors (Lipinski definition) is 5. The highest BCUT2D eigenvalue weighted by Crippen LogP contribution is 2.21. The molecule has 0 aromatic rings. The minimum atomic E-state index is -0.691. The summed E-state index contributed by atoms with van der Waals surface area (Å²) in [5, 5.41) is 14.2. The Hall–Kier alpha value is -2.16. The summed E-state index contributed by atoms with van der Waals surface area (Å²) in [7, 11) is 0. The number of amides is 3. The Morgan fingerprint density at radius 1 is 1.16 bits per heavy atom. The summed E-state index contributed by atoms with van der Waals surface area (Å²) >= 11 is 0. The van der Waals surface area contributed by atoms with Gasteiger partial charge in [0.05, 0.1) is 0 Å². The molecule has 0 saturated carbocycles. The highest BCUT2D eigenvalue weighted by molar-refractivity contribution is 5.86. The molecule has 0 aromatic heterocycles. The van der Waals surface area contributed by atoms with Crippen molar-refractivity contribution < 1.29 is 24.3 Å². The van der Waals surface area contributed by atoms with E-state index in [9.17, 15) is 14.4 Å². The summed E-state index contributed by atoms with van der Waals surface area (Å²) in [5.74, 6) is -0.949. The van der Waals surface area contributed by atoms with Crippen molar-refractivity contribution in [2.24, 2.45) is 22.8 Å². The molecule has 0 aromatic carbocycles. The maximum absolute atomic E-state index is 11.3. The largest absolute Gasteiger partial charge is 0.481 e. The second-order valence-corrected chi connectivity index (χ2v) is 9.31. The number of carbonyl (C=O) groups is 4. The van der Waals surface area contributed by atoms with Crippen molar-refractivity contribution in [3.8, 4) is 0 Å². The predicted octanol–water partition coefficient (Wildman–Crippen LogP) is 2.56. The van der Waals surface area contributed by atoms with Crippen LogP contribution in [0.15, 0.2) is 0 Å². The zero-order chi connectivity index (χ0) is 25.6. The molecule has 1 aliphatic heterocycles. The Labute approximate surface area is 194 Å². The van der Waals surface area contributed by atoms with Crippen LogP contribution in [0.25, 0.3) is 0 Å². The van der Waals surface area contributed by atoms with E-state index in [2.05, 4.69) is 37.1 Å². The molecule has 9 heteroatoms. The molecular formula is C23H48N4O5. The lowest BCUT2D eigenvalue weighted by Crippen LogP contribution is -2.44. The topological polar surface area (TPSA) is 165 Å². The van der Waals surface area contributed by atoms with Gasteiger partial charge >= 0.3 is 5.97 Å². The lowest BCUT2D eigenvalue weighted by atomic mass is 9.90. The average Bonchev–Trinajstić information content (AvgIpc) is 3.20. The van der Waals surface area contributed by atoms with E-state index in [-0.39, 0.29) is 17.7 Å². The Balaban J connectivity index is -0.000000402. The molecule has 32 heavy (non-hydrogen) atoms. The highest BCUT2D eigenvalue weighted by atomic mass is 16.4. The molecule has 1 heterocycles. The first-order valence-corrected chi connectivity index (χ1v) is 11.5. The number of nitrogens with two attached hydrogens (primary N) is 2. The van der Waals surface area contributed by atoms with Crippen molar-refractivity contribution in [1.29, 1.82) is 0 Å². The van der Waals surface area contributed by atoms with Crippen LogP contribution in [0.1, 0.15) is 92.9 Å². The minimum Gasteiger partial charge on any atom is -0.481 e. The van der Waals surface area contributed by atoms with Gasteiger partial charge in [0.25, 0.3) is 0 Å². The van der Waals surface area contributed by atoms with E-state index in [0.717, 1.165) is 19.3 Å². The van der Waals surface area contributed by atoms with Gasteiger partial charge < -0.3 is 27.2 Å². The SMILES string of the molecule is C1CCNC1.CC(C)(C)CCCC(=O)O.CCCC(NC(=O)CC(C)C)C(N)=O.NC=O. The molecule has 0 spiro atoms. The molecule has 9 nitrogen and oxygen atoms in total. The van der Waals surface area contributed by atoms with Gasteiger partial charge in [-0.25, -0.2) is 0 Å². The maximum atomic E-state index is 11.3. The molecule has 3 amide bonds. The number of aliphatic carboxylic acids is 1. The molecule has 0 bridgehead atoms. The molecule has 1 rings (SSSR count). The lowest BCUT2D eigenvalue weighted by molar-refractivity contribution is -0.137. The van der Waals surface area contributed by atoms with Crippen LogP contribution in [0.2, 0.25) is 0 Å². The summed E-state index contributed by atoms with van der Waals surface area (Å²) < 4.78 is 0. The molecule has 0 aliphatic carbocycles. The van der Waals surface area contributed by atoms with E-state index in [1.165, 1.54) is 25.9 Å². The van der Waals surface area contributed by atoms with Crippen molar-refractivity contribution in [2.75, 3.05) is 13.1 Å². The Bertz CT molecular complexity index is 493. The zero-order valence-corrected chi connectivity index (χ0v) is 21.0. The van der Waals surface area contributed by atoms with E-state index in [0.29, 0.717) is 25.2 Å². The Morgan fingerprint density at radius 3 is 1.94 bits per heavy atom. The Kier molecular flexibility index (Phi) is 23.7. The zero-order valence-electron chi connectivity index (χ0n) is 21.0. The van der Waals surface area contributed by atoms with Crippen molar-refractivity contribution in [2.45, 2.75) is 99.0 Å². The van der Waals surface area contributed by atoms with Gasteiger partial charge in [-0.2, -0.15) is 0 Å². The van der Waals surface area contributed by atoms with Crippen molar-refractivity contribution >= 4 is 24.2 Å². The number of carbonyl (C=O) groups excluding carboxylic acids is 3. The fraction of sp³-hybridized carbons (Fsp3) is 0.826. The third-order valence-corrected chi connectivity index (χ3v) is 4.12. The molecule has 190 valence electrons. The van der Waals surface area contributed by atoms with Gasteiger partial charge in [-0.15, -0.1) is 0 Å². The Morgan fingerprint density at radius 2 is 1.66 bits per heavy atom. The standard InChI is InChI=1S/C10H20N2O2.C8H16O2.C4H9N.CH3NO/c1-4-5-8(10(11)14)12-9(13)6-7(2)3;1-8(2,3)6-4-5-7(9)10;1-2-4-5-3-1;2-1-3/h7-8H,4-6H2,1-3H3,(H2,11,14)(H,12,13);4-6H2,1-3H3,(H,9,10);5H,1-4H2;1H,(H2,2,3). The number of hydrogen-bond acceptors (Lipinski definition) is 5. The average molecular weight is 461 g/mol. The van der Waals surface area contributed by atoms with E-state index < -0.39 is 17.9 Å². The summed E-state index contributed by atoms with van der Waals surface area (Å²) in [6.45, 7) is 14.7. The molecule has 7 N–H and O–H groups in total. The van der Waals surface area contributed by atoms with Gasteiger partial charge in [-0.1, -0.05) is 48.0 Å². The van der Waals surface area contributed by atoms with Crippen LogP contribution < -0.4 is 22.1 Å². The van der Waals surface area contributed by atoms with E-state index in [1.807, 2.05) is 20.8 Å². The van der Waals surface area contributed by atoms with Crippen molar-refractivity contribution in [3.05, 3.63) is 0 Å². The fourth-order valence-electron chi connectivity index (χ4n) is 2.59. The van der Waals surface area contributed by atoms with Crippen LogP contribution in [0.5, 0.6) is 0 Å². The molecule has 1 fully saturated rings. The van der Waals surface area contributed by atoms with Crippen LogP contribution in [0, 0.1) is 11.3 Å². The van der Waals surface area contributed by atoms with Crippen LogP contribution in [-0.4, -0.2) is 48.4 Å². The van der Waals surface area contributed by atoms with Crippen molar-refractivity contribution in [1.82, 2.24) is 10.6 Å². The molecular weight excluding hydrogens is 412 g/mol. The van der Waals surface area contributed by atoms with Crippen LogP contribution in [0.4, 0.5) is 0 Å². The lowest BCUT2D eigenvalue weighted by Gasteiger charge is -2.16. The van der Waals surface area contributed by atoms with E-state index >= 15 is 0 Å². The number of carboxylic acids is 1. The van der Waals surface area contributed by atoms with Crippen LogP contribution in [-0.2, 0) is 19.2 Å². The number of primary amides is 2. The van der Waals surface area contributed by atoms with Crippen LogP contribution >= 0.6 is 0 Å². The molecule has 1 saturated heterocycles. The highest BCUT2D eigenvalue weighted by Gasteiger charge is 2.17. The first kappa shape index (κ1) is 34.5. The van der Waals surface area contributed by atoms with Gasteiger partial charge in [0.15, 0.2) is 0 Å². The normalized spacial score (nSPS) is 13.2. The first-order valence-electron chi connectivity index (χ1n) is 11.5. The van der Waals surface area contributed by atoms with Gasteiger partial charge in [-0.05, 0) is 56.5 Å². The maximum Gasteiger partial charge on any atom is 0.303 e. The second-order valence-electron chi connectivity index (χ2n) is 9.31. The third kappa shape index (κ3) is 32.5. The van der Waals surface area contributed by atoms with Gasteiger partial charge in [-0.3, -0.25) is 19.2 Å². The number of rotatable bonds is 9. The van der Waals surface area contributed by atoms with E-state index in [4.69, 9.17) is 15.6 Å². The third-order valence-electron chi connectivity index (χ3n) is 4.12. The first-order chi connectivity index (χ1) is 14.8. The summed E-state index contributed by atoms with van der Waals surface area (Å²) in [5.41, 5.74) is 9.59. The predicted molar refractivity (Wildman–Crippen MR) is 129 cm³/mol. The summed E-state index contributed by atoms with van der Waals surface area (Å²) in [4.78, 5) is 40.9. The molecule has 1 unspecified atom stereocenters. The fourth-order valence-corrected chi connectivity index (χ4v) is 2.59. The summed E-state index contributed by atoms with van der Waals surface area (Å²) in [6, 6.07) is -0.508. The molecule has 1 aliphatic rings. The molecule has 1 atom stereocenters. The van der Waals surface area contributed by atoms with Crippen molar-refractivity contribution in [3.63, 3.8) is 0 Å². The quantitative estimate of drug-likeness (QED) is 0.332. The van der Waals surface area contributed by atoms with Gasteiger partial charge in [0.2, 0.25) is 18.2 Å². The summed E-state index contributed by atoms with van der Waals surface area (Å²) in [6.07, 6.45) is 6.98.